The molecule has 1 rings (SSSR count). The van der Waals surface area contributed by atoms with E-state index < -0.39 is 0 Å². The molecule has 0 atom stereocenters. The van der Waals surface area contributed by atoms with Crippen molar-refractivity contribution in [3.8, 4) is 0 Å². The molecule has 0 saturated heterocycles. The number of hydrogen-bond donors (Lipinski definition) is 1. The fraction of sp³-hybridized carbons (Fsp3) is 0.800. The molecule has 6 heteroatoms. The van der Waals surface area contributed by atoms with Gasteiger partial charge in [-0.3, -0.25) is 4.79 Å². The van der Waals surface area contributed by atoms with Gasteiger partial charge in [-0.2, -0.15) is 0 Å². The summed E-state index contributed by atoms with van der Waals surface area (Å²) in [5.41, 5.74) is 0.656. The molecule has 0 aliphatic rings. The predicted molar refractivity (Wildman–Crippen MR) is 82.1 cm³/mol. The van der Waals surface area contributed by atoms with Crippen LogP contribution in [0.3, 0.4) is 0 Å². The van der Waals surface area contributed by atoms with Crippen LogP contribution in [0.2, 0.25) is 0 Å². The van der Waals surface area contributed by atoms with Gasteiger partial charge < -0.3 is 10.1 Å². The number of rotatable bonds is 6. The lowest BCUT2D eigenvalue weighted by Gasteiger charge is -2.20. The first-order valence-corrected chi connectivity index (χ1v) is 7.38. The summed E-state index contributed by atoms with van der Waals surface area (Å²) in [6, 6.07) is 0. The van der Waals surface area contributed by atoms with E-state index in [0.29, 0.717) is 26.1 Å². The van der Waals surface area contributed by atoms with Gasteiger partial charge in [0.1, 0.15) is 0 Å². The van der Waals surface area contributed by atoms with E-state index in [4.69, 9.17) is 4.74 Å². The molecule has 0 aliphatic heterocycles. The first kappa shape index (κ1) is 17.6. The number of nitrogens with one attached hydrogen (secondary N) is 1. The van der Waals surface area contributed by atoms with Crippen LogP contribution in [0.1, 0.15) is 53.7 Å². The number of ether oxygens (including phenoxy) is 1. The lowest BCUT2D eigenvalue weighted by atomic mass is 10.1. The quantitative estimate of drug-likeness (QED) is 0.814. The molecule has 21 heavy (non-hydrogen) atoms. The standard InChI is InChI=1S/C15H28N4O2/c1-14(2,3)16-13(20)8-10-21-9-7-12-11-19(18-17-12)15(4,5)6/h11H,7-10H2,1-6H3,(H,16,20). The number of amides is 1. The third-order valence-corrected chi connectivity index (χ3v) is 2.72. The summed E-state index contributed by atoms with van der Waals surface area (Å²) in [5.74, 6) is 0.0150. The highest BCUT2D eigenvalue weighted by atomic mass is 16.5. The van der Waals surface area contributed by atoms with Crippen molar-refractivity contribution >= 4 is 5.91 Å². The molecule has 1 N–H and O–H groups in total. The van der Waals surface area contributed by atoms with E-state index in [1.165, 1.54) is 0 Å². The normalized spacial score (nSPS) is 12.5. The molecule has 1 aromatic rings. The van der Waals surface area contributed by atoms with Crippen LogP contribution in [-0.2, 0) is 21.5 Å². The summed E-state index contributed by atoms with van der Waals surface area (Å²) in [6.45, 7) is 13.1. The first-order chi connectivity index (χ1) is 9.58. The Morgan fingerprint density at radius 2 is 1.90 bits per heavy atom. The monoisotopic (exact) mass is 296 g/mol. The van der Waals surface area contributed by atoms with Gasteiger partial charge in [0.25, 0.3) is 0 Å². The minimum atomic E-state index is -0.192. The zero-order valence-corrected chi connectivity index (χ0v) is 14.1. The Labute approximate surface area is 127 Å². The Hall–Kier alpha value is -1.43. The van der Waals surface area contributed by atoms with Crippen LogP contribution >= 0.6 is 0 Å². The number of hydrogen-bond acceptors (Lipinski definition) is 4. The second-order valence-electron chi connectivity index (χ2n) is 7.24. The number of nitrogens with zero attached hydrogens (tertiary/aromatic N) is 3. The fourth-order valence-corrected chi connectivity index (χ4v) is 1.67. The minimum absolute atomic E-state index is 0.0150. The third kappa shape index (κ3) is 7.22. The Morgan fingerprint density at radius 3 is 2.43 bits per heavy atom. The summed E-state index contributed by atoms with van der Waals surface area (Å²) in [6.07, 6.45) is 3.03. The van der Waals surface area contributed by atoms with Crippen molar-refractivity contribution in [3.63, 3.8) is 0 Å². The average Bonchev–Trinajstić information content (AvgIpc) is 2.74. The van der Waals surface area contributed by atoms with Crippen LogP contribution in [-0.4, -0.2) is 39.7 Å². The second-order valence-corrected chi connectivity index (χ2v) is 7.24. The van der Waals surface area contributed by atoms with Crippen molar-refractivity contribution < 1.29 is 9.53 Å². The van der Waals surface area contributed by atoms with Gasteiger partial charge in [-0.25, -0.2) is 4.68 Å². The van der Waals surface area contributed by atoms with Crippen molar-refractivity contribution in [3.05, 3.63) is 11.9 Å². The van der Waals surface area contributed by atoms with Crippen molar-refractivity contribution in [2.24, 2.45) is 0 Å². The van der Waals surface area contributed by atoms with Gasteiger partial charge in [-0.1, -0.05) is 5.21 Å². The van der Waals surface area contributed by atoms with Gasteiger partial charge in [0.05, 0.1) is 24.4 Å². The van der Waals surface area contributed by atoms with Crippen LogP contribution in [0.15, 0.2) is 6.20 Å². The largest absolute Gasteiger partial charge is 0.381 e. The molecule has 0 bridgehead atoms. The van der Waals surface area contributed by atoms with E-state index in [1.54, 1.807) is 0 Å². The summed E-state index contributed by atoms with van der Waals surface area (Å²) in [4.78, 5) is 11.6. The summed E-state index contributed by atoms with van der Waals surface area (Å²) < 4.78 is 7.33. The highest BCUT2D eigenvalue weighted by molar-refractivity contribution is 5.76. The minimum Gasteiger partial charge on any atom is -0.381 e. The topological polar surface area (TPSA) is 69.0 Å². The summed E-state index contributed by atoms with van der Waals surface area (Å²) >= 11 is 0. The molecule has 0 unspecified atom stereocenters. The molecule has 1 heterocycles. The van der Waals surface area contributed by atoms with Crippen molar-refractivity contribution in [1.82, 2.24) is 20.3 Å². The SMILES string of the molecule is CC(C)(C)NC(=O)CCOCCc1cn(C(C)(C)C)nn1. The summed E-state index contributed by atoms with van der Waals surface area (Å²) in [5, 5.41) is 11.1. The number of carbonyl (C=O) groups excluding carboxylic acids is 1. The van der Waals surface area contributed by atoms with Gasteiger partial charge in [-0.05, 0) is 41.5 Å². The molecule has 1 aromatic heterocycles. The van der Waals surface area contributed by atoms with Gasteiger partial charge in [0.15, 0.2) is 0 Å². The van der Waals surface area contributed by atoms with E-state index in [2.05, 4.69) is 36.4 Å². The molecule has 120 valence electrons. The van der Waals surface area contributed by atoms with E-state index in [1.807, 2.05) is 31.6 Å². The second kappa shape index (κ2) is 7.02. The Kier molecular flexibility index (Phi) is 5.89. The van der Waals surface area contributed by atoms with E-state index in [9.17, 15) is 4.79 Å². The van der Waals surface area contributed by atoms with Gasteiger partial charge in [0.2, 0.25) is 5.91 Å². The highest BCUT2D eigenvalue weighted by Crippen LogP contribution is 2.11. The van der Waals surface area contributed by atoms with Crippen molar-refractivity contribution in [2.45, 2.75) is 65.5 Å². The lowest BCUT2D eigenvalue weighted by molar-refractivity contribution is -0.123. The highest BCUT2D eigenvalue weighted by Gasteiger charge is 2.15. The van der Waals surface area contributed by atoms with Gasteiger partial charge in [-0.15, -0.1) is 5.10 Å². The molecular formula is C15H28N4O2. The molecule has 0 fully saturated rings. The molecule has 0 aromatic carbocycles. The maximum atomic E-state index is 11.6. The number of aromatic nitrogens is 3. The van der Waals surface area contributed by atoms with Crippen LogP contribution in [0.4, 0.5) is 0 Å². The van der Waals surface area contributed by atoms with Crippen molar-refractivity contribution in [2.75, 3.05) is 13.2 Å². The van der Waals surface area contributed by atoms with Gasteiger partial charge in [0, 0.05) is 24.6 Å². The third-order valence-electron chi connectivity index (χ3n) is 2.72. The molecule has 0 saturated carbocycles. The molecule has 0 radical (unpaired) electrons. The fourth-order valence-electron chi connectivity index (χ4n) is 1.67. The van der Waals surface area contributed by atoms with Crippen LogP contribution in [0.25, 0.3) is 0 Å². The molecular weight excluding hydrogens is 268 g/mol. The van der Waals surface area contributed by atoms with Crippen LogP contribution in [0, 0.1) is 0 Å². The molecule has 6 nitrogen and oxygen atoms in total. The lowest BCUT2D eigenvalue weighted by Crippen LogP contribution is -2.40. The van der Waals surface area contributed by atoms with E-state index in [0.717, 1.165) is 5.69 Å². The zero-order chi connectivity index (χ0) is 16.1. The summed E-state index contributed by atoms with van der Waals surface area (Å²) in [7, 11) is 0. The van der Waals surface area contributed by atoms with Crippen molar-refractivity contribution in [1.29, 1.82) is 0 Å². The molecule has 0 aliphatic carbocycles. The van der Waals surface area contributed by atoms with E-state index >= 15 is 0 Å². The van der Waals surface area contributed by atoms with Crippen LogP contribution in [0.5, 0.6) is 0 Å². The Morgan fingerprint density at radius 1 is 1.24 bits per heavy atom. The molecule has 0 spiro atoms. The Balaban J connectivity index is 2.20. The zero-order valence-electron chi connectivity index (χ0n) is 14.1. The van der Waals surface area contributed by atoms with Crippen LogP contribution < -0.4 is 5.32 Å². The first-order valence-electron chi connectivity index (χ1n) is 7.38. The maximum absolute atomic E-state index is 11.6. The van der Waals surface area contributed by atoms with E-state index in [-0.39, 0.29) is 17.0 Å². The maximum Gasteiger partial charge on any atom is 0.222 e. The number of carbonyl (C=O) groups is 1. The Bertz CT molecular complexity index is 455. The molecule has 1 amide bonds. The predicted octanol–water partition coefficient (Wildman–Crippen LogP) is 1.90. The average molecular weight is 296 g/mol. The van der Waals surface area contributed by atoms with Gasteiger partial charge >= 0.3 is 0 Å². The smallest absolute Gasteiger partial charge is 0.222 e.